The zero-order valence-electron chi connectivity index (χ0n) is 14.9. The third kappa shape index (κ3) is 5.52. The third-order valence-corrected chi connectivity index (χ3v) is 4.04. The molecule has 1 amide bonds. The standard InChI is InChI=1S/C20H23F2NO3/c1-3-23(17(14-25-2)13-15-7-5-4-6-8-15)19(24)16-9-11-18(12-10-16)26-20(21)22/h4-12,17,20H,3,13-14H2,1-2H3. The summed E-state index contributed by atoms with van der Waals surface area (Å²) in [4.78, 5) is 14.6. The Morgan fingerprint density at radius 3 is 2.27 bits per heavy atom. The second-order valence-corrected chi connectivity index (χ2v) is 5.79. The van der Waals surface area contributed by atoms with E-state index in [-0.39, 0.29) is 17.7 Å². The van der Waals surface area contributed by atoms with Gasteiger partial charge in [0.2, 0.25) is 0 Å². The fourth-order valence-corrected chi connectivity index (χ4v) is 2.85. The Hall–Kier alpha value is -2.47. The number of methoxy groups -OCH3 is 1. The number of hydrogen-bond acceptors (Lipinski definition) is 3. The highest BCUT2D eigenvalue weighted by Crippen LogP contribution is 2.18. The predicted molar refractivity (Wildman–Crippen MR) is 95.6 cm³/mol. The minimum absolute atomic E-state index is 0.0253. The molecule has 0 N–H and O–H groups in total. The lowest BCUT2D eigenvalue weighted by atomic mass is 10.0. The van der Waals surface area contributed by atoms with E-state index in [1.807, 2.05) is 37.3 Å². The molecule has 1 atom stereocenters. The van der Waals surface area contributed by atoms with Crippen molar-refractivity contribution in [3.8, 4) is 5.75 Å². The number of carbonyl (C=O) groups excluding carboxylic acids is 1. The average molecular weight is 363 g/mol. The van der Waals surface area contributed by atoms with E-state index >= 15 is 0 Å². The van der Waals surface area contributed by atoms with E-state index in [4.69, 9.17) is 4.74 Å². The van der Waals surface area contributed by atoms with Gasteiger partial charge in [-0.05, 0) is 43.2 Å². The van der Waals surface area contributed by atoms with Gasteiger partial charge in [0, 0.05) is 19.2 Å². The van der Waals surface area contributed by atoms with Gasteiger partial charge in [0.05, 0.1) is 12.6 Å². The SMILES string of the molecule is CCN(C(=O)c1ccc(OC(F)F)cc1)C(COC)Cc1ccccc1. The van der Waals surface area contributed by atoms with Gasteiger partial charge in [-0.15, -0.1) is 0 Å². The summed E-state index contributed by atoms with van der Waals surface area (Å²) in [7, 11) is 1.60. The van der Waals surface area contributed by atoms with Gasteiger partial charge in [-0.1, -0.05) is 30.3 Å². The first-order chi connectivity index (χ1) is 12.5. The molecule has 0 heterocycles. The number of likely N-dealkylation sites (N-methyl/N-ethyl adjacent to an activating group) is 1. The second-order valence-electron chi connectivity index (χ2n) is 5.79. The summed E-state index contributed by atoms with van der Waals surface area (Å²) in [6.45, 7) is -0.0730. The number of ether oxygens (including phenoxy) is 2. The fraction of sp³-hybridized carbons (Fsp3) is 0.350. The Morgan fingerprint density at radius 2 is 1.73 bits per heavy atom. The Bertz CT molecular complexity index is 677. The molecule has 0 aliphatic heterocycles. The van der Waals surface area contributed by atoms with E-state index in [0.717, 1.165) is 5.56 Å². The van der Waals surface area contributed by atoms with Crippen LogP contribution in [0.15, 0.2) is 54.6 Å². The molecule has 2 rings (SSSR count). The number of benzene rings is 2. The van der Waals surface area contributed by atoms with Crippen LogP contribution in [0.3, 0.4) is 0 Å². The number of alkyl halides is 2. The monoisotopic (exact) mass is 363 g/mol. The molecule has 2 aromatic rings. The zero-order chi connectivity index (χ0) is 18.9. The van der Waals surface area contributed by atoms with Gasteiger partial charge in [0.25, 0.3) is 5.91 Å². The minimum atomic E-state index is -2.89. The summed E-state index contributed by atoms with van der Waals surface area (Å²) in [5.74, 6) is -0.147. The summed E-state index contributed by atoms with van der Waals surface area (Å²) in [5.41, 5.74) is 1.53. The van der Waals surface area contributed by atoms with Crippen molar-refractivity contribution in [2.75, 3.05) is 20.3 Å². The minimum Gasteiger partial charge on any atom is -0.435 e. The molecule has 0 aliphatic carbocycles. The van der Waals surface area contributed by atoms with Crippen molar-refractivity contribution in [2.24, 2.45) is 0 Å². The zero-order valence-corrected chi connectivity index (χ0v) is 14.9. The molecule has 0 spiro atoms. The molecule has 140 valence electrons. The Kier molecular flexibility index (Phi) is 7.53. The number of amides is 1. The van der Waals surface area contributed by atoms with Crippen LogP contribution in [0.2, 0.25) is 0 Å². The first kappa shape index (κ1) is 19.8. The number of halogens is 2. The lowest BCUT2D eigenvalue weighted by Gasteiger charge is -2.31. The Balaban J connectivity index is 2.16. The van der Waals surface area contributed by atoms with Crippen LogP contribution in [0, 0.1) is 0 Å². The summed E-state index contributed by atoms with van der Waals surface area (Å²) in [5, 5.41) is 0. The van der Waals surface area contributed by atoms with E-state index in [1.165, 1.54) is 24.3 Å². The molecule has 0 saturated heterocycles. The molecule has 26 heavy (non-hydrogen) atoms. The highest BCUT2D eigenvalue weighted by molar-refractivity contribution is 5.94. The summed E-state index contributed by atoms with van der Waals surface area (Å²) < 4.78 is 34.1. The lowest BCUT2D eigenvalue weighted by molar-refractivity contribution is -0.0498. The molecular weight excluding hydrogens is 340 g/mol. The molecule has 0 fully saturated rings. The normalized spacial score (nSPS) is 12.0. The fourth-order valence-electron chi connectivity index (χ4n) is 2.85. The smallest absolute Gasteiger partial charge is 0.387 e. The molecule has 0 radical (unpaired) electrons. The van der Waals surface area contributed by atoms with Gasteiger partial charge in [0.1, 0.15) is 5.75 Å². The van der Waals surface area contributed by atoms with Gasteiger partial charge in [-0.3, -0.25) is 4.79 Å². The van der Waals surface area contributed by atoms with Crippen LogP contribution in [0.1, 0.15) is 22.8 Å². The van der Waals surface area contributed by atoms with Crippen molar-refractivity contribution in [1.82, 2.24) is 4.90 Å². The van der Waals surface area contributed by atoms with Crippen molar-refractivity contribution < 1.29 is 23.0 Å². The van der Waals surface area contributed by atoms with Gasteiger partial charge in [0.15, 0.2) is 0 Å². The van der Waals surface area contributed by atoms with E-state index < -0.39 is 6.61 Å². The van der Waals surface area contributed by atoms with E-state index in [0.29, 0.717) is 25.1 Å². The first-order valence-corrected chi connectivity index (χ1v) is 8.43. The number of rotatable bonds is 9. The third-order valence-electron chi connectivity index (χ3n) is 4.04. The topological polar surface area (TPSA) is 38.8 Å². The van der Waals surface area contributed by atoms with Gasteiger partial charge in [-0.25, -0.2) is 0 Å². The maximum Gasteiger partial charge on any atom is 0.387 e. The van der Waals surface area contributed by atoms with Crippen LogP contribution in [0.5, 0.6) is 5.75 Å². The van der Waals surface area contributed by atoms with Crippen LogP contribution < -0.4 is 4.74 Å². The lowest BCUT2D eigenvalue weighted by Crippen LogP contribution is -2.44. The molecule has 6 heteroatoms. The molecule has 1 unspecified atom stereocenters. The van der Waals surface area contributed by atoms with Gasteiger partial charge < -0.3 is 14.4 Å². The number of carbonyl (C=O) groups is 1. The maximum atomic E-state index is 12.9. The Morgan fingerprint density at radius 1 is 1.08 bits per heavy atom. The highest BCUT2D eigenvalue weighted by Gasteiger charge is 2.24. The highest BCUT2D eigenvalue weighted by atomic mass is 19.3. The average Bonchev–Trinajstić information content (AvgIpc) is 2.63. The molecular formula is C20H23F2NO3. The number of hydrogen-bond donors (Lipinski definition) is 0. The van der Waals surface area contributed by atoms with Gasteiger partial charge in [-0.2, -0.15) is 8.78 Å². The van der Waals surface area contributed by atoms with Crippen LogP contribution in [-0.2, 0) is 11.2 Å². The molecule has 0 saturated carbocycles. The maximum absolute atomic E-state index is 12.9. The van der Waals surface area contributed by atoms with Crippen molar-refractivity contribution in [2.45, 2.75) is 26.0 Å². The van der Waals surface area contributed by atoms with Crippen LogP contribution >= 0.6 is 0 Å². The number of nitrogens with zero attached hydrogens (tertiary/aromatic N) is 1. The van der Waals surface area contributed by atoms with Crippen molar-refractivity contribution >= 4 is 5.91 Å². The first-order valence-electron chi connectivity index (χ1n) is 8.43. The predicted octanol–water partition coefficient (Wildman–Crippen LogP) is 4.01. The molecule has 0 aliphatic rings. The van der Waals surface area contributed by atoms with Gasteiger partial charge >= 0.3 is 6.61 Å². The second kappa shape index (κ2) is 9.87. The summed E-state index contributed by atoms with van der Waals surface area (Å²) in [6, 6.07) is 15.5. The van der Waals surface area contributed by atoms with Crippen molar-refractivity contribution in [3.63, 3.8) is 0 Å². The van der Waals surface area contributed by atoms with Crippen molar-refractivity contribution in [1.29, 1.82) is 0 Å². The quantitative estimate of drug-likeness (QED) is 0.676. The largest absolute Gasteiger partial charge is 0.435 e. The molecule has 4 nitrogen and oxygen atoms in total. The molecule has 2 aromatic carbocycles. The van der Waals surface area contributed by atoms with Crippen LogP contribution in [-0.4, -0.2) is 43.7 Å². The van der Waals surface area contributed by atoms with E-state index in [1.54, 1.807) is 12.0 Å². The van der Waals surface area contributed by atoms with Crippen molar-refractivity contribution in [3.05, 3.63) is 65.7 Å². The molecule has 0 bridgehead atoms. The summed E-state index contributed by atoms with van der Waals surface area (Å²) in [6.07, 6.45) is 0.667. The van der Waals surface area contributed by atoms with E-state index in [2.05, 4.69) is 4.74 Å². The van der Waals surface area contributed by atoms with Crippen LogP contribution in [0.4, 0.5) is 8.78 Å². The van der Waals surface area contributed by atoms with E-state index in [9.17, 15) is 13.6 Å². The molecule has 0 aromatic heterocycles. The Labute approximate surface area is 152 Å². The summed E-state index contributed by atoms with van der Waals surface area (Å²) >= 11 is 0. The van der Waals surface area contributed by atoms with Crippen LogP contribution in [0.25, 0.3) is 0 Å².